The molecule has 2 fully saturated rings. The highest BCUT2D eigenvalue weighted by Gasteiger charge is 2.27. The van der Waals surface area contributed by atoms with Crippen LogP contribution >= 0.6 is 11.3 Å². The molecule has 1 saturated carbocycles. The summed E-state index contributed by atoms with van der Waals surface area (Å²) in [6, 6.07) is 3.65. The van der Waals surface area contributed by atoms with Crippen LogP contribution in [0.5, 0.6) is 0 Å². The van der Waals surface area contributed by atoms with Gasteiger partial charge in [-0.05, 0) is 37.8 Å². The molecule has 0 aromatic carbocycles. The third-order valence-corrected chi connectivity index (χ3v) is 4.95. The number of amides is 1. The maximum Gasteiger partial charge on any atom is 0.261 e. The Morgan fingerprint density at radius 1 is 1.32 bits per heavy atom. The SMILES string of the molecule is O=C(Nc1nc(C2CC2)cs1)c1cccnc1N1CCCC1. The molecule has 2 aliphatic rings. The molecule has 2 aromatic heterocycles. The summed E-state index contributed by atoms with van der Waals surface area (Å²) in [5, 5.41) is 5.66. The Balaban J connectivity index is 1.54. The fourth-order valence-corrected chi connectivity index (χ4v) is 3.62. The summed E-state index contributed by atoms with van der Waals surface area (Å²) >= 11 is 1.50. The molecule has 1 aliphatic heterocycles. The van der Waals surface area contributed by atoms with Crippen LogP contribution in [0, 0.1) is 0 Å². The molecule has 0 radical (unpaired) electrons. The smallest absolute Gasteiger partial charge is 0.261 e. The second kappa shape index (κ2) is 5.68. The number of rotatable bonds is 4. The Morgan fingerprint density at radius 3 is 2.91 bits per heavy atom. The van der Waals surface area contributed by atoms with E-state index in [1.54, 1.807) is 6.20 Å². The van der Waals surface area contributed by atoms with Crippen molar-refractivity contribution in [3.63, 3.8) is 0 Å². The summed E-state index contributed by atoms with van der Waals surface area (Å²) < 4.78 is 0. The maximum absolute atomic E-state index is 12.6. The molecule has 1 saturated heterocycles. The molecule has 1 N–H and O–H groups in total. The summed E-state index contributed by atoms with van der Waals surface area (Å²) in [5.74, 6) is 1.28. The fourth-order valence-electron chi connectivity index (χ4n) is 2.83. The molecule has 6 heteroatoms. The van der Waals surface area contributed by atoms with Gasteiger partial charge in [0.25, 0.3) is 5.91 Å². The number of nitrogens with zero attached hydrogens (tertiary/aromatic N) is 3. The lowest BCUT2D eigenvalue weighted by molar-refractivity contribution is 0.102. The van der Waals surface area contributed by atoms with Gasteiger partial charge in [0.05, 0.1) is 11.3 Å². The van der Waals surface area contributed by atoms with E-state index in [-0.39, 0.29) is 5.91 Å². The van der Waals surface area contributed by atoms with Gasteiger partial charge in [0.1, 0.15) is 5.82 Å². The van der Waals surface area contributed by atoms with Gasteiger partial charge in [0, 0.05) is 30.6 Å². The van der Waals surface area contributed by atoms with Crippen LogP contribution in [-0.2, 0) is 0 Å². The summed E-state index contributed by atoms with van der Waals surface area (Å²) in [6.45, 7) is 1.95. The average Bonchev–Trinajstić information content (AvgIpc) is 3.06. The zero-order valence-corrected chi connectivity index (χ0v) is 13.1. The molecule has 1 aliphatic carbocycles. The number of anilines is 2. The highest BCUT2D eigenvalue weighted by Crippen LogP contribution is 2.41. The van der Waals surface area contributed by atoms with Gasteiger partial charge < -0.3 is 4.90 Å². The monoisotopic (exact) mass is 314 g/mol. The second-order valence-electron chi connectivity index (χ2n) is 5.87. The lowest BCUT2D eigenvalue weighted by Gasteiger charge is -2.19. The third kappa shape index (κ3) is 2.70. The Hall–Kier alpha value is -1.95. The molecule has 22 heavy (non-hydrogen) atoms. The van der Waals surface area contributed by atoms with Gasteiger partial charge in [0.2, 0.25) is 0 Å². The summed E-state index contributed by atoms with van der Waals surface area (Å²) in [7, 11) is 0. The molecule has 3 heterocycles. The van der Waals surface area contributed by atoms with Gasteiger partial charge in [0.15, 0.2) is 5.13 Å². The van der Waals surface area contributed by atoms with Crippen molar-refractivity contribution in [1.29, 1.82) is 0 Å². The second-order valence-corrected chi connectivity index (χ2v) is 6.73. The molecule has 5 nitrogen and oxygen atoms in total. The lowest BCUT2D eigenvalue weighted by atomic mass is 10.2. The molecule has 0 bridgehead atoms. The zero-order chi connectivity index (χ0) is 14.9. The number of nitrogens with one attached hydrogen (secondary N) is 1. The van der Waals surface area contributed by atoms with Crippen LogP contribution in [0.3, 0.4) is 0 Å². The van der Waals surface area contributed by atoms with E-state index in [0.717, 1.165) is 37.4 Å². The normalized spacial score (nSPS) is 17.7. The molecule has 0 atom stereocenters. The molecule has 2 aromatic rings. The molecule has 0 unspecified atom stereocenters. The minimum Gasteiger partial charge on any atom is -0.356 e. The van der Waals surface area contributed by atoms with Crippen molar-refractivity contribution >= 4 is 28.2 Å². The first-order valence-corrected chi connectivity index (χ1v) is 8.66. The predicted octanol–water partition coefficient (Wildman–Crippen LogP) is 3.27. The van der Waals surface area contributed by atoms with Crippen molar-refractivity contribution in [1.82, 2.24) is 9.97 Å². The van der Waals surface area contributed by atoms with Gasteiger partial charge in [-0.2, -0.15) is 0 Å². The Bertz CT molecular complexity index is 689. The van der Waals surface area contributed by atoms with Crippen LogP contribution in [0.25, 0.3) is 0 Å². The molecule has 0 spiro atoms. The van der Waals surface area contributed by atoms with Gasteiger partial charge in [-0.3, -0.25) is 10.1 Å². The number of thiazole rings is 1. The molecule has 4 rings (SSSR count). The Morgan fingerprint density at radius 2 is 2.14 bits per heavy atom. The van der Waals surface area contributed by atoms with Crippen molar-refractivity contribution in [3.8, 4) is 0 Å². The number of hydrogen-bond donors (Lipinski definition) is 1. The van der Waals surface area contributed by atoms with E-state index in [1.165, 1.54) is 24.2 Å². The van der Waals surface area contributed by atoms with E-state index >= 15 is 0 Å². The number of aromatic nitrogens is 2. The van der Waals surface area contributed by atoms with Crippen LogP contribution in [0.4, 0.5) is 10.9 Å². The number of hydrogen-bond acceptors (Lipinski definition) is 5. The van der Waals surface area contributed by atoms with Crippen LogP contribution < -0.4 is 10.2 Å². The topological polar surface area (TPSA) is 58.1 Å². The number of carbonyl (C=O) groups excluding carboxylic acids is 1. The first kappa shape index (κ1) is 13.7. The Kier molecular flexibility index (Phi) is 3.54. The van der Waals surface area contributed by atoms with E-state index in [9.17, 15) is 4.79 Å². The molecular weight excluding hydrogens is 296 g/mol. The minimum absolute atomic E-state index is 0.119. The summed E-state index contributed by atoms with van der Waals surface area (Å²) in [6.07, 6.45) is 6.51. The number of pyridine rings is 1. The van der Waals surface area contributed by atoms with Crippen LogP contribution in [0.2, 0.25) is 0 Å². The Labute approximate surface area is 133 Å². The van der Waals surface area contributed by atoms with Crippen LogP contribution in [0.15, 0.2) is 23.7 Å². The zero-order valence-electron chi connectivity index (χ0n) is 12.3. The number of carbonyl (C=O) groups is 1. The first-order chi connectivity index (χ1) is 10.8. The van der Waals surface area contributed by atoms with Crippen LogP contribution in [-0.4, -0.2) is 29.0 Å². The van der Waals surface area contributed by atoms with E-state index in [4.69, 9.17) is 0 Å². The minimum atomic E-state index is -0.119. The first-order valence-electron chi connectivity index (χ1n) is 7.78. The highest BCUT2D eigenvalue weighted by atomic mass is 32.1. The average molecular weight is 314 g/mol. The lowest BCUT2D eigenvalue weighted by Crippen LogP contribution is -2.24. The van der Waals surface area contributed by atoms with Gasteiger partial charge in [-0.15, -0.1) is 11.3 Å². The summed E-state index contributed by atoms with van der Waals surface area (Å²) in [4.78, 5) is 23.7. The van der Waals surface area contributed by atoms with E-state index in [1.807, 2.05) is 12.1 Å². The largest absolute Gasteiger partial charge is 0.356 e. The quantitative estimate of drug-likeness (QED) is 0.941. The van der Waals surface area contributed by atoms with Crippen molar-refractivity contribution < 1.29 is 4.79 Å². The van der Waals surface area contributed by atoms with Gasteiger partial charge in [-0.1, -0.05) is 0 Å². The third-order valence-electron chi connectivity index (χ3n) is 4.17. The molecular formula is C16H18N4OS. The standard InChI is InChI=1S/C16H18N4OS/c21-15(19-16-18-13(10-22-16)11-5-6-11)12-4-3-7-17-14(12)20-8-1-2-9-20/h3-4,7,10-11H,1-2,5-6,8-9H2,(H,18,19,21). The summed E-state index contributed by atoms with van der Waals surface area (Å²) in [5.41, 5.74) is 1.75. The molecule has 114 valence electrons. The fraction of sp³-hybridized carbons (Fsp3) is 0.438. The highest BCUT2D eigenvalue weighted by molar-refractivity contribution is 7.14. The van der Waals surface area contributed by atoms with E-state index < -0.39 is 0 Å². The predicted molar refractivity (Wildman–Crippen MR) is 87.7 cm³/mol. The van der Waals surface area contributed by atoms with E-state index in [2.05, 4.69) is 25.6 Å². The van der Waals surface area contributed by atoms with Crippen molar-refractivity contribution in [2.24, 2.45) is 0 Å². The van der Waals surface area contributed by atoms with Crippen LogP contribution in [0.1, 0.15) is 47.7 Å². The van der Waals surface area contributed by atoms with E-state index in [0.29, 0.717) is 16.6 Å². The maximum atomic E-state index is 12.6. The van der Waals surface area contributed by atoms with Crippen molar-refractivity contribution in [2.45, 2.75) is 31.6 Å². The molecule has 1 amide bonds. The van der Waals surface area contributed by atoms with Crippen molar-refractivity contribution in [2.75, 3.05) is 23.3 Å². The van der Waals surface area contributed by atoms with Gasteiger partial charge in [-0.25, -0.2) is 9.97 Å². The van der Waals surface area contributed by atoms with Crippen molar-refractivity contribution in [3.05, 3.63) is 35.0 Å². The van der Waals surface area contributed by atoms with Gasteiger partial charge >= 0.3 is 0 Å².